The molecule has 0 aliphatic heterocycles. The van der Waals surface area contributed by atoms with Crippen molar-refractivity contribution in [1.29, 1.82) is 0 Å². The van der Waals surface area contributed by atoms with Crippen LogP contribution in [0.3, 0.4) is 0 Å². The van der Waals surface area contributed by atoms with Crippen LogP contribution >= 0.6 is 0 Å². The summed E-state index contributed by atoms with van der Waals surface area (Å²) in [6, 6.07) is 8.92. The summed E-state index contributed by atoms with van der Waals surface area (Å²) < 4.78 is 19.1. The molecule has 2 heterocycles. The Hall–Kier alpha value is -2.89. The van der Waals surface area contributed by atoms with Crippen LogP contribution in [-0.4, -0.2) is 9.55 Å². The van der Waals surface area contributed by atoms with E-state index in [9.17, 15) is 14.0 Å². The molecule has 0 fully saturated rings. The lowest BCUT2D eigenvalue weighted by Crippen LogP contribution is -2.35. The van der Waals surface area contributed by atoms with Crippen LogP contribution in [0.25, 0.3) is 11.3 Å². The van der Waals surface area contributed by atoms with Crippen LogP contribution in [0.4, 0.5) is 4.39 Å². The third kappa shape index (κ3) is 2.55. The van der Waals surface area contributed by atoms with Gasteiger partial charge in [0.1, 0.15) is 11.6 Å². The number of hydrogen-bond acceptors (Lipinski definition) is 3. The third-order valence-corrected chi connectivity index (χ3v) is 3.10. The zero-order chi connectivity index (χ0) is 14.8. The lowest BCUT2D eigenvalue weighted by molar-refractivity contribution is 0.578. The topological polar surface area (TPSA) is 68.0 Å². The number of halogens is 1. The van der Waals surface area contributed by atoms with E-state index in [2.05, 4.69) is 4.98 Å². The van der Waals surface area contributed by atoms with E-state index < -0.39 is 11.2 Å². The van der Waals surface area contributed by atoms with E-state index in [0.717, 1.165) is 4.57 Å². The van der Waals surface area contributed by atoms with Gasteiger partial charge in [-0.15, -0.1) is 0 Å². The molecule has 0 saturated heterocycles. The van der Waals surface area contributed by atoms with Gasteiger partial charge >= 0.3 is 5.69 Å². The number of nitrogens with one attached hydrogen (secondary N) is 1. The van der Waals surface area contributed by atoms with E-state index >= 15 is 0 Å². The summed E-state index contributed by atoms with van der Waals surface area (Å²) >= 11 is 0. The number of hydrogen-bond donors (Lipinski definition) is 1. The fraction of sp³-hybridized carbons (Fsp3) is 0.0667. The zero-order valence-corrected chi connectivity index (χ0v) is 10.9. The van der Waals surface area contributed by atoms with Crippen molar-refractivity contribution < 1.29 is 8.81 Å². The monoisotopic (exact) mass is 286 g/mol. The maximum absolute atomic E-state index is 12.9. The van der Waals surface area contributed by atoms with Crippen molar-refractivity contribution in [2.45, 2.75) is 6.54 Å². The number of H-pyrrole nitrogens is 1. The number of furan rings is 1. The van der Waals surface area contributed by atoms with Gasteiger partial charge in [0.2, 0.25) is 0 Å². The van der Waals surface area contributed by atoms with Crippen LogP contribution in [-0.2, 0) is 6.54 Å². The number of nitrogens with zero attached hydrogens (tertiary/aromatic N) is 1. The van der Waals surface area contributed by atoms with E-state index in [1.165, 1.54) is 36.7 Å². The molecule has 0 aliphatic rings. The fourth-order valence-electron chi connectivity index (χ4n) is 2.04. The molecular weight excluding hydrogens is 275 g/mol. The van der Waals surface area contributed by atoms with Gasteiger partial charge in [-0.2, -0.15) is 0 Å². The molecule has 3 aromatic rings. The Morgan fingerprint density at radius 2 is 1.90 bits per heavy atom. The predicted molar refractivity (Wildman–Crippen MR) is 74.5 cm³/mol. The molecule has 106 valence electrons. The molecule has 0 saturated carbocycles. The van der Waals surface area contributed by atoms with Crippen LogP contribution in [0, 0.1) is 5.82 Å². The summed E-state index contributed by atoms with van der Waals surface area (Å²) in [6.07, 6.45) is 2.77. The van der Waals surface area contributed by atoms with Crippen molar-refractivity contribution in [2.75, 3.05) is 0 Å². The minimum absolute atomic E-state index is 0.0585. The molecule has 1 N–H and O–H groups in total. The molecule has 0 aliphatic carbocycles. The van der Waals surface area contributed by atoms with Gasteiger partial charge in [0, 0.05) is 6.20 Å². The van der Waals surface area contributed by atoms with Crippen LogP contribution in [0.15, 0.2) is 62.9 Å². The Balaban J connectivity index is 2.06. The van der Waals surface area contributed by atoms with Crippen molar-refractivity contribution in [3.63, 3.8) is 0 Å². The highest BCUT2D eigenvalue weighted by Crippen LogP contribution is 2.13. The Bertz CT molecular complexity index is 861. The van der Waals surface area contributed by atoms with Gasteiger partial charge in [-0.25, -0.2) is 9.18 Å². The highest BCUT2D eigenvalue weighted by Gasteiger charge is 2.11. The number of rotatable bonds is 3. The first-order valence-electron chi connectivity index (χ1n) is 6.26. The largest absolute Gasteiger partial charge is 0.464 e. The number of benzene rings is 1. The average molecular weight is 286 g/mol. The fourth-order valence-corrected chi connectivity index (χ4v) is 2.04. The van der Waals surface area contributed by atoms with Crippen molar-refractivity contribution >= 4 is 0 Å². The van der Waals surface area contributed by atoms with Gasteiger partial charge in [-0.3, -0.25) is 9.36 Å². The maximum atomic E-state index is 12.9. The van der Waals surface area contributed by atoms with Crippen LogP contribution in [0.5, 0.6) is 0 Å². The van der Waals surface area contributed by atoms with E-state index in [-0.39, 0.29) is 17.9 Å². The Morgan fingerprint density at radius 1 is 1.14 bits per heavy atom. The van der Waals surface area contributed by atoms with Gasteiger partial charge in [-0.1, -0.05) is 12.1 Å². The molecule has 0 amide bonds. The first-order valence-corrected chi connectivity index (χ1v) is 6.26. The van der Waals surface area contributed by atoms with E-state index in [1.54, 1.807) is 12.1 Å². The van der Waals surface area contributed by atoms with Crippen molar-refractivity contribution in [1.82, 2.24) is 9.55 Å². The Morgan fingerprint density at radius 3 is 2.57 bits per heavy atom. The lowest BCUT2D eigenvalue weighted by Gasteiger charge is -2.06. The summed E-state index contributed by atoms with van der Waals surface area (Å²) in [5, 5.41) is 0. The molecule has 0 radical (unpaired) electrons. The minimum atomic E-state index is -0.528. The molecular formula is C15H11FN2O3. The van der Waals surface area contributed by atoms with Gasteiger partial charge in [-0.05, 0) is 29.8 Å². The van der Waals surface area contributed by atoms with E-state index in [1.807, 2.05) is 0 Å². The second-order valence-corrected chi connectivity index (χ2v) is 4.50. The predicted octanol–water partition coefficient (Wildman–Crippen LogP) is 1.98. The summed E-state index contributed by atoms with van der Waals surface area (Å²) in [5.41, 5.74) is -0.0695. The third-order valence-electron chi connectivity index (χ3n) is 3.10. The number of aromatic nitrogens is 2. The molecule has 0 bridgehead atoms. The lowest BCUT2D eigenvalue weighted by atomic mass is 10.2. The summed E-state index contributed by atoms with van der Waals surface area (Å²) in [6.45, 7) is 0.0585. The molecule has 6 heteroatoms. The van der Waals surface area contributed by atoms with Gasteiger partial charge in [0.05, 0.1) is 18.4 Å². The second-order valence-electron chi connectivity index (χ2n) is 4.50. The number of aromatic amines is 1. The highest BCUT2D eigenvalue weighted by molar-refractivity contribution is 5.54. The van der Waals surface area contributed by atoms with E-state index in [4.69, 9.17) is 4.42 Å². The summed E-state index contributed by atoms with van der Waals surface area (Å²) in [7, 11) is 0. The quantitative estimate of drug-likeness (QED) is 0.800. The molecule has 0 unspecified atom stereocenters. The second kappa shape index (κ2) is 5.24. The Labute approximate surface area is 118 Å². The first kappa shape index (κ1) is 13.1. The van der Waals surface area contributed by atoms with Gasteiger partial charge < -0.3 is 9.40 Å². The molecule has 5 nitrogen and oxygen atoms in total. The molecule has 21 heavy (non-hydrogen) atoms. The molecule has 2 aromatic heterocycles. The van der Waals surface area contributed by atoms with Gasteiger partial charge in [0.25, 0.3) is 5.56 Å². The van der Waals surface area contributed by atoms with Crippen molar-refractivity contribution in [3.05, 3.63) is 81.1 Å². The smallest absolute Gasteiger partial charge is 0.328 e. The molecule has 3 rings (SSSR count). The Kier molecular flexibility index (Phi) is 3.27. The van der Waals surface area contributed by atoms with Crippen LogP contribution in [0.1, 0.15) is 5.56 Å². The molecule has 0 atom stereocenters. The van der Waals surface area contributed by atoms with Gasteiger partial charge in [0.15, 0.2) is 0 Å². The van der Waals surface area contributed by atoms with Crippen molar-refractivity contribution in [2.24, 2.45) is 0 Å². The summed E-state index contributed by atoms with van der Waals surface area (Å²) in [5.74, 6) is 0.00782. The summed E-state index contributed by atoms with van der Waals surface area (Å²) in [4.78, 5) is 26.7. The highest BCUT2D eigenvalue weighted by atomic mass is 19.1. The normalized spacial score (nSPS) is 10.7. The molecule has 0 spiro atoms. The van der Waals surface area contributed by atoms with Crippen molar-refractivity contribution in [3.8, 4) is 11.3 Å². The van der Waals surface area contributed by atoms with Crippen LogP contribution < -0.4 is 11.2 Å². The first-order chi connectivity index (χ1) is 10.1. The standard InChI is InChI=1S/C15H11FN2O3/c16-11-5-3-10(4-6-11)9-18-14(19)12(8-17-15(18)20)13-2-1-7-21-13/h1-8H,9H2,(H,17,20). The zero-order valence-electron chi connectivity index (χ0n) is 10.9. The van der Waals surface area contributed by atoms with E-state index in [0.29, 0.717) is 11.3 Å². The SMILES string of the molecule is O=c1[nH]cc(-c2ccco2)c(=O)n1Cc1ccc(F)cc1. The van der Waals surface area contributed by atoms with Crippen LogP contribution in [0.2, 0.25) is 0 Å². The maximum Gasteiger partial charge on any atom is 0.328 e. The minimum Gasteiger partial charge on any atom is -0.464 e. The average Bonchev–Trinajstić information content (AvgIpc) is 2.99. The molecule has 1 aromatic carbocycles.